The van der Waals surface area contributed by atoms with E-state index >= 15 is 0 Å². The number of alkyl halides is 1. The van der Waals surface area contributed by atoms with Gasteiger partial charge in [-0.2, -0.15) is 0 Å². The van der Waals surface area contributed by atoms with Gasteiger partial charge in [0.2, 0.25) is 0 Å². The lowest BCUT2D eigenvalue weighted by molar-refractivity contribution is 0.0534. The van der Waals surface area contributed by atoms with E-state index in [4.69, 9.17) is 10.4 Å². The van der Waals surface area contributed by atoms with E-state index in [0.29, 0.717) is 17.8 Å². The van der Waals surface area contributed by atoms with Gasteiger partial charge in [0.15, 0.2) is 6.29 Å². The number of phenols is 1. The van der Waals surface area contributed by atoms with Gasteiger partial charge in [-0.25, -0.2) is 9.38 Å². The van der Waals surface area contributed by atoms with Crippen molar-refractivity contribution in [1.82, 2.24) is 10.2 Å². The Morgan fingerprint density at radius 1 is 1.32 bits per heavy atom. The second-order valence-electron chi connectivity index (χ2n) is 11.7. The SMILES string of the molecule is CC(C)N1C2=CCC(CC(C)(C)O)CC2=NC1NC(=O)c1cc(O)c2c(c1)NC(C1C(=N)C=CCC1F)N2. The summed E-state index contributed by atoms with van der Waals surface area (Å²) in [5.74, 6) is -0.946. The van der Waals surface area contributed by atoms with Crippen LogP contribution in [0.15, 0.2) is 41.1 Å². The first-order chi connectivity index (χ1) is 17.9. The maximum absolute atomic E-state index is 14.6. The maximum Gasteiger partial charge on any atom is 0.254 e. The van der Waals surface area contributed by atoms with E-state index in [0.717, 1.165) is 24.3 Å². The van der Waals surface area contributed by atoms with Crippen molar-refractivity contribution in [3.8, 4) is 5.75 Å². The molecule has 0 bridgehead atoms. The second kappa shape index (κ2) is 9.72. The summed E-state index contributed by atoms with van der Waals surface area (Å²) in [5.41, 5.74) is 2.50. The fraction of sp³-hybridized carbons (Fsp3) is 0.536. The third-order valence-corrected chi connectivity index (χ3v) is 7.60. The van der Waals surface area contributed by atoms with Crippen LogP contribution in [0.1, 0.15) is 63.7 Å². The van der Waals surface area contributed by atoms with Gasteiger partial charge >= 0.3 is 0 Å². The number of nitrogens with one attached hydrogen (secondary N) is 4. The molecule has 0 fully saturated rings. The van der Waals surface area contributed by atoms with Crippen LogP contribution in [0.25, 0.3) is 0 Å². The van der Waals surface area contributed by atoms with Crippen molar-refractivity contribution < 1.29 is 19.4 Å². The molecule has 0 saturated heterocycles. The molecule has 5 rings (SSSR count). The van der Waals surface area contributed by atoms with Gasteiger partial charge in [-0.05, 0) is 77.5 Å². The number of carbonyl (C=O) groups excluding carboxylic acids is 1. The summed E-state index contributed by atoms with van der Waals surface area (Å²) in [4.78, 5) is 20.3. The molecule has 2 heterocycles. The van der Waals surface area contributed by atoms with E-state index in [1.807, 2.05) is 13.8 Å². The molecule has 1 aromatic rings. The van der Waals surface area contributed by atoms with Crippen molar-refractivity contribution in [2.45, 2.75) is 83.6 Å². The van der Waals surface area contributed by atoms with Crippen molar-refractivity contribution in [3.05, 3.63) is 41.6 Å². The minimum atomic E-state index is -1.22. The van der Waals surface area contributed by atoms with E-state index in [1.165, 1.54) is 6.07 Å². The monoisotopic (exact) mass is 524 g/mol. The lowest BCUT2D eigenvalue weighted by Gasteiger charge is -2.33. The van der Waals surface area contributed by atoms with Crippen LogP contribution in [-0.2, 0) is 0 Å². The molecule has 1 aromatic carbocycles. The highest BCUT2D eigenvalue weighted by Gasteiger charge is 2.40. The fourth-order valence-electron chi connectivity index (χ4n) is 6.03. The number of allylic oxidation sites excluding steroid dienone is 4. The molecule has 9 nitrogen and oxygen atoms in total. The average Bonchev–Trinajstić information content (AvgIpc) is 3.39. The highest BCUT2D eigenvalue weighted by molar-refractivity contribution is 6.03. The smallest absolute Gasteiger partial charge is 0.254 e. The quantitative estimate of drug-likeness (QED) is 0.310. The number of aliphatic hydroxyl groups is 1. The normalized spacial score (nSPS) is 28.3. The van der Waals surface area contributed by atoms with Gasteiger partial charge in [-0.3, -0.25) is 4.79 Å². The van der Waals surface area contributed by atoms with Gasteiger partial charge < -0.3 is 36.5 Å². The molecule has 4 aliphatic rings. The molecule has 5 atom stereocenters. The number of phenolic OH excluding ortho intramolecular Hbond substituents is 1. The highest BCUT2D eigenvalue weighted by Crippen LogP contribution is 2.41. The topological polar surface area (TPSA) is 133 Å². The van der Waals surface area contributed by atoms with Gasteiger partial charge in [0.1, 0.15) is 23.8 Å². The highest BCUT2D eigenvalue weighted by atomic mass is 19.1. The van der Waals surface area contributed by atoms with Crippen molar-refractivity contribution >= 4 is 28.7 Å². The Kier molecular flexibility index (Phi) is 6.71. The summed E-state index contributed by atoms with van der Waals surface area (Å²) in [5, 5.41) is 38.3. The van der Waals surface area contributed by atoms with Crippen LogP contribution in [0.2, 0.25) is 0 Å². The summed E-state index contributed by atoms with van der Waals surface area (Å²) >= 11 is 0. The largest absolute Gasteiger partial charge is 0.506 e. The van der Waals surface area contributed by atoms with Crippen molar-refractivity contribution in [3.63, 3.8) is 0 Å². The number of hydrogen-bond acceptors (Lipinski definition) is 8. The average molecular weight is 525 g/mol. The van der Waals surface area contributed by atoms with Crippen LogP contribution in [0, 0.1) is 17.2 Å². The number of carbonyl (C=O) groups is 1. The zero-order valence-corrected chi connectivity index (χ0v) is 22.3. The van der Waals surface area contributed by atoms with E-state index in [2.05, 4.69) is 40.8 Å². The molecule has 5 unspecified atom stereocenters. The molecule has 0 radical (unpaired) electrons. The van der Waals surface area contributed by atoms with Crippen LogP contribution in [0.4, 0.5) is 15.8 Å². The van der Waals surface area contributed by atoms with Gasteiger partial charge in [0, 0.05) is 17.3 Å². The number of anilines is 2. The number of hydrogen-bond donors (Lipinski definition) is 6. The molecule has 6 N–H and O–H groups in total. The van der Waals surface area contributed by atoms with Crippen molar-refractivity contribution in [2.24, 2.45) is 16.8 Å². The Morgan fingerprint density at radius 3 is 2.76 bits per heavy atom. The van der Waals surface area contributed by atoms with Gasteiger partial charge in [0.05, 0.1) is 28.6 Å². The first-order valence-corrected chi connectivity index (χ1v) is 13.3. The summed E-state index contributed by atoms with van der Waals surface area (Å²) in [7, 11) is 0. The first-order valence-electron chi connectivity index (χ1n) is 13.3. The van der Waals surface area contributed by atoms with Crippen molar-refractivity contribution in [2.75, 3.05) is 10.6 Å². The minimum Gasteiger partial charge on any atom is -0.506 e. The zero-order valence-electron chi connectivity index (χ0n) is 22.3. The van der Waals surface area contributed by atoms with E-state index in [9.17, 15) is 19.4 Å². The zero-order chi connectivity index (χ0) is 27.4. The first kappa shape index (κ1) is 26.2. The lowest BCUT2D eigenvalue weighted by Crippen LogP contribution is -2.47. The number of rotatable bonds is 6. The summed E-state index contributed by atoms with van der Waals surface area (Å²) < 4.78 is 14.6. The summed E-state index contributed by atoms with van der Waals surface area (Å²) in [6, 6.07) is 3.10. The summed E-state index contributed by atoms with van der Waals surface area (Å²) in [6.45, 7) is 7.73. The van der Waals surface area contributed by atoms with Crippen LogP contribution < -0.4 is 16.0 Å². The third-order valence-electron chi connectivity index (χ3n) is 7.60. The standard InChI is InChI=1S/C28H37FN6O3/c1-14(2)35-21-9-8-15(13-28(3,4)38)10-19(21)32-27(35)34-26(37)16-11-20-24(22(36)12-16)33-25(31-20)23-17(29)6-5-7-18(23)30/h5,7,9,11-12,14-15,17,23,25,27,30-31,33,36,38H,6,8,10,13H2,1-4H3,(H,34,37). The lowest BCUT2D eigenvalue weighted by atomic mass is 9.83. The molecule has 10 heteroatoms. The van der Waals surface area contributed by atoms with E-state index in [-0.39, 0.29) is 35.4 Å². The van der Waals surface area contributed by atoms with Crippen LogP contribution in [-0.4, -0.2) is 62.7 Å². The molecule has 38 heavy (non-hydrogen) atoms. The maximum atomic E-state index is 14.6. The number of aromatic hydroxyl groups is 1. The molecule has 0 spiro atoms. The van der Waals surface area contributed by atoms with Crippen molar-refractivity contribution in [1.29, 1.82) is 5.41 Å². The van der Waals surface area contributed by atoms with Gasteiger partial charge in [-0.15, -0.1) is 0 Å². The Bertz CT molecular complexity index is 1230. The number of fused-ring (bicyclic) bond motifs is 2. The molecule has 2 aliphatic carbocycles. The Labute approximate surface area is 222 Å². The van der Waals surface area contributed by atoms with E-state index < -0.39 is 36.1 Å². The Balaban J connectivity index is 1.33. The van der Waals surface area contributed by atoms with Crippen LogP contribution in [0.3, 0.4) is 0 Å². The molecule has 2 aliphatic heterocycles. The second-order valence-corrected chi connectivity index (χ2v) is 11.7. The Morgan fingerprint density at radius 2 is 2.08 bits per heavy atom. The number of halogens is 1. The molecular weight excluding hydrogens is 487 g/mol. The molecule has 204 valence electrons. The third kappa shape index (κ3) is 5.01. The number of amides is 1. The van der Waals surface area contributed by atoms with Crippen LogP contribution >= 0.6 is 0 Å². The molecule has 0 aromatic heterocycles. The predicted octanol–water partition coefficient (Wildman–Crippen LogP) is 4.12. The fourth-order valence-corrected chi connectivity index (χ4v) is 6.03. The molecule has 0 saturated carbocycles. The molecule has 1 amide bonds. The van der Waals surface area contributed by atoms with E-state index in [1.54, 1.807) is 18.2 Å². The summed E-state index contributed by atoms with van der Waals surface area (Å²) in [6.07, 6.45) is 5.48. The number of aliphatic imine (C=N–C) groups is 1. The predicted molar refractivity (Wildman–Crippen MR) is 146 cm³/mol. The molecular formula is C28H37FN6O3. The minimum absolute atomic E-state index is 0.0900. The van der Waals surface area contributed by atoms with Gasteiger partial charge in [-0.1, -0.05) is 12.2 Å². The Hall–Kier alpha value is -3.40. The number of benzene rings is 1. The van der Waals surface area contributed by atoms with Gasteiger partial charge in [0.25, 0.3) is 5.91 Å². The van der Waals surface area contributed by atoms with Crippen LogP contribution in [0.5, 0.6) is 5.75 Å². The number of nitrogens with zero attached hydrogens (tertiary/aromatic N) is 2.